The number of nitrogens with zero attached hydrogens (tertiary/aromatic N) is 1. The quantitative estimate of drug-likeness (QED) is 0.581. The molecule has 3 fully saturated rings. The summed E-state index contributed by atoms with van der Waals surface area (Å²) in [6.45, 7) is 3.53. The lowest BCUT2D eigenvalue weighted by Gasteiger charge is -2.39. The van der Waals surface area contributed by atoms with E-state index in [-0.39, 0.29) is 12.7 Å². The van der Waals surface area contributed by atoms with Crippen molar-refractivity contribution in [3.05, 3.63) is 0 Å². The fraction of sp³-hybridized carbons (Fsp3) is 1.00. The fourth-order valence-electron chi connectivity index (χ4n) is 3.70. The highest BCUT2D eigenvalue weighted by Crippen LogP contribution is 2.38. The number of rotatable bonds is 8. The van der Waals surface area contributed by atoms with Crippen molar-refractivity contribution >= 4 is 0 Å². The molecule has 4 heteroatoms. The average molecular weight is 282 g/mol. The molecule has 3 atom stereocenters. The second-order valence-electron chi connectivity index (χ2n) is 7.16. The molecule has 1 saturated heterocycles. The van der Waals surface area contributed by atoms with Crippen LogP contribution in [0.3, 0.4) is 0 Å². The van der Waals surface area contributed by atoms with Gasteiger partial charge in [-0.2, -0.15) is 0 Å². The summed E-state index contributed by atoms with van der Waals surface area (Å²) in [6, 6.07) is 1.37. The van der Waals surface area contributed by atoms with Gasteiger partial charge in [0, 0.05) is 31.8 Å². The van der Waals surface area contributed by atoms with Crippen LogP contribution in [-0.4, -0.2) is 59.5 Å². The monoisotopic (exact) mass is 282 g/mol. The number of likely N-dealkylation sites (tertiary alicyclic amines) is 1. The van der Waals surface area contributed by atoms with Crippen molar-refractivity contribution in [2.75, 3.05) is 26.2 Å². The standard InChI is InChI=1S/C16H30N2O2/c19-7-1-6-17-14-8-12(9-16(20)13-2-3-13)10-18(11-14)15-4-5-15/h12-17,19-20H,1-11H2. The Hall–Kier alpha value is -0.160. The lowest BCUT2D eigenvalue weighted by Crippen LogP contribution is -2.50. The highest BCUT2D eigenvalue weighted by Gasteiger charge is 2.38. The second kappa shape index (κ2) is 6.73. The molecule has 2 aliphatic carbocycles. The molecule has 0 aromatic heterocycles. The van der Waals surface area contributed by atoms with Crippen molar-refractivity contribution in [1.29, 1.82) is 0 Å². The third-order valence-corrected chi connectivity index (χ3v) is 5.14. The van der Waals surface area contributed by atoms with E-state index in [0.29, 0.717) is 17.9 Å². The average Bonchev–Trinajstić information content (AvgIpc) is 3.31. The maximum Gasteiger partial charge on any atom is 0.0571 e. The van der Waals surface area contributed by atoms with E-state index in [2.05, 4.69) is 10.2 Å². The lowest BCUT2D eigenvalue weighted by molar-refractivity contribution is 0.0715. The first-order valence-electron chi connectivity index (χ1n) is 8.52. The van der Waals surface area contributed by atoms with Gasteiger partial charge in [-0.3, -0.25) is 4.90 Å². The van der Waals surface area contributed by atoms with Gasteiger partial charge in [-0.1, -0.05) is 0 Å². The summed E-state index contributed by atoms with van der Waals surface area (Å²) in [5.74, 6) is 1.25. The highest BCUT2D eigenvalue weighted by atomic mass is 16.3. The van der Waals surface area contributed by atoms with Crippen LogP contribution in [0, 0.1) is 11.8 Å². The minimum atomic E-state index is -0.0581. The third-order valence-electron chi connectivity index (χ3n) is 5.14. The van der Waals surface area contributed by atoms with Crippen LogP contribution in [0.1, 0.15) is 44.9 Å². The molecule has 20 heavy (non-hydrogen) atoms. The zero-order chi connectivity index (χ0) is 13.9. The van der Waals surface area contributed by atoms with Crippen molar-refractivity contribution in [3.63, 3.8) is 0 Å². The molecule has 3 N–H and O–H groups in total. The van der Waals surface area contributed by atoms with Gasteiger partial charge in [0.1, 0.15) is 0 Å². The van der Waals surface area contributed by atoms with Crippen molar-refractivity contribution in [2.24, 2.45) is 11.8 Å². The molecular formula is C16H30N2O2. The van der Waals surface area contributed by atoms with Gasteiger partial charge >= 0.3 is 0 Å². The molecule has 0 aromatic carbocycles. The molecule has 3 unspecified atom stereocenters. The van der Waals surface area contributed by atoms with E-state index in [4.69, 9.17) is 5.11 Å². The SMILES string of the molecule is OCCCNC1CC(CC(O)C2CC2)CN(C2CC2)C1. The van der Waals surface area contributed by atoms with Crippen LogP contribution in [0.2, 0.25) is 0 Å². The molecule has 1 heterocycles. The first kappa shape index (κ1) is 14.8. The highest BCUT2D eigenvalue weighted by molar-refractivity contribution is 4.94. The summed E-state index contributed by atoms with van der Waals surface area (Å²) in [6.07, 6.45) is 8.16. The van der Waals surface area contributed by atoms with Crippen LogP contribution >= 0.6 is 0 Å². The molecule has 4 nitrogen and oxygen atoms in total. The van der Waals surface area contributed by atoms with Crippen LogP contribution < -0.4 is 5.32 Å². The van der Waals surface area contributed by atoms with Crippen LogP contribution in [0.15, 0.2) is 0 Å². The van der Waals surface area contributed by atoms with Crippen molar-refractivity contribution < 1.29 is 10.2 Å². The van der Waals surface area contributed by atoms with Gasteiger partial charge in [-0.05, 0) is 63.3 Å². The van der Waals surface area contributed by atoms with Crippen LogP contribution in [0.25, 0.3) is 0 Å². The number of hydrogen-bond donors (Lipinski definition) is 3. The summed E-state index contributed by atoms with van der Waals surface area (Å²) in [5.41, 5.74) is 0. The molecule has 116 valence electrons. The molecule has 0 bridgehead atoms. The molecule has 0 amide bonds. The summed E-state index contributed by atoms with van der Waals surface area (Å²) in [5, 5.41) is 22.7. The summed E-state index contributed by atoms with van der Waals surface area (Å²) >= 11 is 0. The Morgan fingerprint density at radius 1 is 1.15 bits per heavy atom. The summed E-state index contributed by atoms with van der Waals surface area (Å²) in [7, 11) is 0. The van der Waals surface area contributed by atoms with E-state index in [1.807, 2.05) is 0 Å². The van der Waals surface area contributed by atoms with Crippen LogP contribution in [0.5, 0.6) is 0 Å². The van der Waals surface area contributed by atoms with Gasteiger partial charge in [0.25, 0.3) is 0 Å². The second-order valence-corrected chi connectivity index (χ2v) is 7.16. The van der Waals surface area contributed by atoms with Gasteiger partial charge in [-0.25, -0.2) is 0 Å². The molecule has 0 radical (unpaired) electrons. The van der Waals surface area contributed by atoms with Crippen molar-refractivity contribution in [2.45, 2.75) is 63.1 Å². The predicted octanol–water partition coefficient (Wildman–Crippen LogP) is 0.972. The zero-order valence-electron chi connectivity index (χ0n) is 12.5. The van der Waals surface area contributed by atoms with Crippen molar-refractivity contribution in [1.82, 2.24) is 10.2 Å². The Kier molecular flexibility index (Phi) is 4.97. The van der Waals surface area contributed by atoms with E-state index in [1.165, 1.54) is 38.6 Å². The Bertz CT molecular complexity index is 303. The maximum absolute atomic E-state index is 10.2. The number of aliphatic hydroxyl groups is 2. The first-order chi connectivity index (χ1) is 9.76. The zero-order valence-corrected chi connectivity index (χ0v) is 12.5. The minimum absolute atomic E-state index is 0.0581. The van der Waals surface area contributed by atoms with Crippen LogP contribution in [-0.2, 0) is 0 Å². The largest absolute Gasteiger partial charge is 0.396 e. The van der Waals surface area contributed by atoms with Gasteiger partial charge in [0.15, 0.2) is 0 Å². The number of nitrogens with one attached hydrogen (secondary N) is 1. The van der Waals surface area contributed by atoms with Gasteiger partial charge in [-0.15, -0.1) is 0 Å². The van der Waals surface area contributed by atoms with E-state index >= 15 is 0 Å². The smallest absolute Gasteiger partial charge is 0.0571 e. The molecule has 3 aliphatic rings. The van der Waals surface area contributed by atoms with Crippen molar-refractivity contribution in [3.8, 4) is 0 Å². The Morgan fingerprint density at radius 3 is 2.60 bits per heavy atom. The summed E-state index contributed by atoms with van der Waals surface area (Å²) < 4.78 is 0. The van der Waals surface area contributed by atoms with E-state index in [1.54, 1.807) is 0 Å². The Labute approximate surface area is 122 Å². The fourth-order valence-corrected chi connectivity index (χ4v) is 3.70. The summed E-state index contributed by atoms with van der Waals surface area (Å²) in [4.78, 5) is 2.64. The molecule has 3 rings (SSSR count). The molecule has 0 spiro atoms. The Balaban J connectivity index is 1.49. The number of aliphatic hydroxyl groups excluding tert-OH is 2. The third kappa shape index (κ3) is 4.17. The number of hydrogen-bond acceptors (Lipinski definition) is 4. The topological polar surface area (TPSA) is 55.7 Å². The maximum atomic E-state index is 10.2. The van der Waals surface area contributed by atoms with Gasteiger partial charge in [0.05, 0.1) is 6.10 Å². The molecular weight excluding hydrogens is 252 g/mol. The molecule has 0 aromatic rings. The van der Waals surface area contributed by atoms with Gasteiger partial charge in [0.2, 0.25) is 0 Å². The molecule has 2 saturated carbocycles. The molecule has 1 aliphatic heterocycles. The van der Waals surface area contributed by atoms with E-state index < -0.39 is 0 Å². The minimum Gasteiger partial charge on any atom is -0.396 e. The van der Waals surface area contributed by atoms with Crippen LogP contribution in [0.4, 0.5) is 0 Å². The van der Waals surface area contributed by atoms with E-state index in [0.717, 1.165) is 32.0 Å². The first-order valence-corrected chi connectivity index (χ1v) is 8.52. The normalized spacial score (nSPS) is 33.3. The Morgan fingerprint density at radius 2 is 1.95 bits per heavy atom. The lowest BCUT2D eigenvalue weighted by atomic mass is 9.88. The number of piperidine rings is 1. The van der Waals surface area contributed by atoms with Gasteiger partial charge < -0.3 is 15.5 Å². The predicted molar refractivity (Wildman–Crippen MR) is 79.5 cm³/mol. The van der Waals surface area contributed by atoms with E-state index in [9.17, 15) is 5.11 Å².